The van der Waals surface area contributed by atoms with Gasteiger partial charge in [0.2, 0.25) is 0 Å². The number of fused-ring (bicyclic) bond motifs is 1. The van der Waals surface area contributed by atoms with E-state index in [1.54, 1.807) is 0 Å². The van der Waals surface area contributed by atoms with E-state index in [4.69, 9.17) is 15.2 Å². The minimum atomic E-state index is -1.17. The van der Waals surface area contributed by atoms with Crippen LogP contribution in [0.25, 0.3) is 11.2 Å². The number of ether oxygens (including phenoxy) is 2. The van der Waals surface area contributed by atoms with E-state index in [0.29, 0.717) is 11.2 Å². The normalized spacial score (nSPS) is 28.1. The molecule has 0 unspecified atom stereocenters. The Bertz CT molecular complexity index is 704. The van der Waals surface area contributed by atoms with Gasteiger partial charge in [-0.25, -0.2) is 15.0 Å². The molecule has 0 aliphatic carbocycles. The molecule has 1 fully saturated rings. The summed E-state index contributed by atoms with van der Waals surface area (Å²) < 4.78 is 12.2. The highest BCUT2D eigenvalue weighted by Gasteiger charge is 2.47. The molecule has 10 heteroatoms. The molecule has 2 aromatic heterocycles. The van der Waals surface area contributed by atoms with E-state index in [0.717, 1.165) is 0 Å². The highest BCUT2D eigenvalue weighted by atomic mass is 16.6. The van der Waals surface area contributed by atoms with Crippen molar-refractivity contribution in [3.63, 3.8) is 0 Å². The predicted molar refractivity (Wildman–Crippen MR) is 72.3 cm³/mol. The van der Waals surface area contributed by atoms with Crippen LogP contribution in [0, 0.1) is 0 Å². The Balaban J connectivity index is 2.03. The van der Waals surface area contributed by atoms with Gasteiger partial charge in [0.1, 0.15) is 24.1 Å². The number of nitrogens with two attached hydrogens (primary N) is 1. The Hall–Kier alpha value is -2.30. The van der Waals surface area contributed by atoms with Crippen molar-refractivity contribution in [3.8, 4) is 0 Å². The van der Waals surface area contributed by atoms with Gasteiger partial charge in [-0.3, -0.25) is 9.36 Å². The molecule has 0 spiro atoms. The number of anilines is 1. The standard InChI is InChI=1S/C12H15N5O5/c1-5(19)21-9-8(20)6(2-18)22-12(9)17-4-16-7-10(13)14-3-15-11(7)17/h3-4,6,8-9,12,18,20H,2H2,1H3,(H2,13,14,15)/t6-,8-,9+,12+/m1/s1. The average molecular weight is 309 g/mol. The van der Waals surface area contributed by atoms with Crippen LogP contribution in [0.2, 0.25) is 0 Å². The van der Waals surface area contributed by atoms with Crippen molar-refractivity contribution < 1.29 is 24.5 Å². The van der Waals surface area contributed by atoms with Gasteiger partial charge in [-0.15, -0.1) is 0 Å². The van der Waals surface area contributed by atoms with Crippen molar-refractivity contribution in [1.82, 2.24) is 19.5 Å². The SMILES string of the molecule is CC(=O)O[C@H]1[C@H](O)[C@@H](CO)O[C@@H]1n1cnc2c(N)ncnc21. The molecule has 1 aliphatic rings. The molecule has 118 valence electrons. The number of carbonyl (C=O) groups is 1. The van der Waals surface area contributed by atoms with Gasteiger partial charge in [-0.2, -0.15) is 0 Å². The first-order chi connectivity index (χ1) is 10.5. The maximum absolute atomic E-state index is 11.3. The second kappa shape index (κ2) is 5.48. The fourth-order valence-electron chi connectivity index (χ4n) is 2.47. The molecule has 0 bridgehead atoms. The van der Waals surface area contributed by atoms with Gasteiger partial charge < -0.3 is 25.4 Å². The third kappa shape index (κ3) is 2.26. The summed E-state index contributed by atoms with van der Waals surface area (Å²) in [6.07, 6.45) is -1.25. The molecule has 4 N–H and O–H groups in total. The third-order valence-corrected chi connectivity index (χ3v) is 3.46. The van der Waals surface area contributed by atoms with Crippen LogP contribution in [-0.2, 0) is 14.3 Å². The van der Waals surface area contributed by atoms with Crippen LogP contribution < -0.4 is 5.73 Å². The third-order valence-electron chi connectivity index (χ3n) is 3.46. The summed E-state index contributed by atoms with van der Waals surface area (Å²) in [6.45, 7) is 0.807. The van der Waals surface area contributed by atoms with Gasteiger partial charge in [0.25, 0.3) is 0 Å². The lowest BCUT2D eigenvalue weighted by Crippen LogP contribution is -2.36. The van der Waals surface area contributed by atoms with Crippen molar-refractivity contribution in [2.45, 2.75) is 31.5 Å². The smallest absolute Gasteiger partial charge is 0.303 e. The predicted octanol–water partition coefficient (Wildman–Crippen LogP) is -1.41. The Labute approximate surface area is 124 Å². The van der Waals surface area contributed by atoms with Crippen LogP contribution in [0.1, 0.15) is 13.2 Å². The molecule has 3 rings (SSSR count). The van der Waals surface area contributed by atoms with E-state index in [1.165, 1.54) is 24.1 Å². The molecule has 2 aromatic rings. The van der Waals surface area contributed by atoms with Gasteiger partial charge in [-0.1, -0.05) is 0 Å². The molecule has 0 radical (unpaired) electrons. The van der Waals surface area contributed by atoms with Crippen LogP contribution >= 0.6 is 0 Å². The van der Waals surface area contributed by atoms with Crippen LogP contribution in [0.4, 0.5) is 5.82 Å². The number of hydrogen-bond donors (Lipinski definition) is 3. The molecule has 1 aliphatic heterocycles. The molecule has 3 heterocycles. The fraction of sp³-hybridized carbons (Fsp3) is 0.500. The van der Waals surface area contributed by atoms with E-state index in [9.17, 15) is 15.0 Å². The zero-order valence-electron chi connectivity index (χ0n) is 11.7. The number of nitrogen functional groups attached to an aromatic ring is 1. The number of rotatable bonds is 3. The van der Waals surface area contributed by atoms with Gasteiger partial charge in [-0.05, 0) is 0 Å². The first kappa shape index (κ1) is 14.6. The maximum Gasteiger partial charge on any atom is 0.303 e. The Morgan fingerprint density at radius 1 is 1.50 bits per heavy atom. The molecule has 0 aromatic carbocycles. The van der Waals surface area contributed by atoms with Crippen LogP contribution in [0.15, 0.2) is 12.7 Å². The maximum atomic E-state index is 11.3. The molecular formula is C12H15N5O5. The second-order valence-electron chi connectivity index (χ2n) is 4.90. The van der Waals surface area contributed by atoms with Crippen LogP contribution in [0.5, 0.6) is 0 Å². The minimum absolute atomic E-state index is 0.199. The van der Waals surface area contributed by atoms with E-state index in [1.807, 2.05) is 0 Å². The Morgan fingerprint density at radius 3 is 2.95 bits per heavy atom. The number of imidazole rings is 1. The van der Waals surface area contributed by atoms with Gasteiger partial charge in [0, 0.05) is 6.92 Å². The van der Waals surface area contributed by atoms with E-state index >= 15 is 0 Å². The summed E-state index contributed by atoms with van der Waals surface area (Å²) in [5.74, 6) is -0.375. The van der Waals surface area contributed by atoms with E-state index in [2.05, 4.69) is 15.0 Å². The highest BCUT2D eigenvalue weighted by molar-refractivity contribution is 5.81. The van der Waals surface area contributed by atoms with E-state index < -0.39 is 37.1 Å². The number of nitrogens with zero attached hydrogens (tertiary/aromatic N) is 4. The zero-order valence-corrected chi connectivity index (χ0v) is 11.7. The monoisotopic (exact) mass is 309 g/mol. The Morgan fingerprint density at radius 2 is 2.27 bits per heavy atom. The number of aliphatic hydroxyl groups excluding tert-OH is 2. The topological polar surface area (TPSA) is 146 Å². The molecular weight excluding hydrogens is 294 g/mol. The lowest BCUT2D eigenvalue weighted by Gasteiger charge is -2.21. The first-order valence-corrected chi connectivity index (χ1v) is 6.57. The number of hydrogen-bond acceptors (Lipinski definition) is 9. The van der Waals surface area contributed by atoms with Gasteiger partial charge >= 0.3 is 5.97 Å². The lowest BCUT2D eigenvalue weighted by atomic mass is 10.1. The van der Waals surface area contributed by atoms with Crippen molar-refractivity contribution in [3.05, 3.63) is 12.7 Å². The highest BCUT2D eigenvalue weighted by Crippen LogP contribution is 2.33. The van der Waals surface area contributed by atoms with Crippen molar-refractivity contribution in [2.24, 2.45) is 0 Å². The summed E-state index contributed by atoms with van der Waals surface area (Å²) in [5, 5.41) is 19.4. The van der Waals surface area contributed by atoms with Crippen molar-refractivity contribution in [2.75, 3.05) is 12.3 Å². The fourth-order valence-corrected chi connectivity index (χ4v) is 2.47. The van der Waals surface area contributed by atoms with E-state index in [-0.39, 0.29) is 5.82 Å². The largest absolute Gasteiger partial charge is 0.455 e. The molecule has 22 heavy (non-hydrogen) atoms. The molecule has 10 nitrogen and oxygen atoms in total. The molecule has 0 saturated carbocycles. The summed E-state index contributed by atoms with van der Waals surface area (Å²) in [4.78, 5) is 23.3. The van der Waals surface area contributed by atoms with Gasteiger partial charge in [0.15, 0.2) is 23.8 Å². The summed E-state index contributed by atoms with van der Waals surface area (Å²) in [6, 6.07) is 0. The van der Waals surface area contributed by atoms with Crippen molar-refractivity contribution >= 4 is 23.0 Å². The number of esters is 1. The second-order valence-corrected chi connectivity index (χ2v) is 4.90. The molecule has 4 atom stereocenters. The number of aromatic nitrogens is 4. The lowest BCUT2D eigenvalue weighted by molar-refractivity contribution is -0.155. The van der Waals surface area contributed by atoms with Crippen LogP contribution in [-0.4, -0.2) is 60.6 Å². The minimum Gasteiger partial charge on any atom is -0.455 e. The number of carbonyl (C=O) groups excluding carboxylic acids is 1. The molecule has 0 amide bonds. The first-order valence-electron chi connectivity index (χ1n) is 6.57. The van der Waals surface area contributed by atoms with Crippen molar-refractivity contribution in [1.29, 1.82) is 0 Å². The van der Waals surface area contributed by atoms with Crippen LogP contribution in [0.3, 0.4) is 0 Å². The Kier molecular flexibility index (Phi) is 3.64. The number of aliphatic hydroxyl groups is 2. The summed E-state index contributed by atoms with van der Waals surface area (Å²) in [7, 11) is 0. The zero-order chi connectivity index (χ0) is 15.9. The summed E-state index contributed by atoms with van der Waals surface area (Å²) in [5.41, 5.74) is 6.47. The molecule has 1 saturated heterocycles. The quantitative estimate of drug-likeness (QED) is 0.582. The average Bonchev–Trinajstić information content (AvgIpc) is 3.02. The van der Waals surface area contributed by atoms with Gasteiger partial charge in [0.05, 0.1) is 12.9 Å². The summed E-state index contributed by atoms with van der Waals surface area (Å²) >= 11 is 0.